The predicted octanol–water partition coefficient (Wildman–Crippen LogP) is 1.10. The molecule has 0 radical (unpaired) electrons. The quantitative estimate of drug-likeness (QED) is 0.540. The summed E-state index contributed by atoms with van der Waals surface area (Å²) in [5.41, 5.74) is 0.274. The Labute approximate surface area is 74.4 Å². The lowest BCUT2D eigenvalue weighted by Crippen LogP contribution is -2.14. The summed E-state index contributed by atoms with van der Waals surface area (Å²) in [4.78, 5) is 20.6. The molecule has 1 aromatic rings. The maximum absolute atomic E-state index is 10.8. The SMILES string of the molecule is O=NCC(=O)Nc1ccccc1O. The number of nitroso groups, excluding NO2 is 1. The first kappa shape index (κ1) is 9.18. The van der Waals surface area contributed by atoms with Crippen molar-refractivity contribution >= 4 is 11.6 Å². The average Bonchev–Trinajstić information content (AvgIpc) is 2.09. The van der Waals surface area contributed by atoms with Crippen LogP contribution in [0.2, 0.25) is 0 Å². The van der Waals surface area contributed by atoms with E-state index in [4.69, 9.17) is 0 Å². The molecule has 0 aliphatic rings. The molecule has 5 heteroatoms. The van der Waals surface area contributed by atoms with Crippen molar-refractivity contribution in [2.24, 2.45) is 5.18 Å². The molecule has 0 saturated heterocycles. The van der Waals surface area contributed by atoms with E-state index in [1.807, 2.05) is 0 Å². The first-order valence-electron chi connectivity index (χ1n) is 3.61. The molecular formula is C8H8N2O3. The molecular weight excluding hydrogens is 172 g/mol. The van der Waals surface area contributed by atoms with E-state index in [0.29, 0.717) is 0 Å². The van der Waals surface area contributed by atoms with Gasteiger partial charge in [0.1, 0.15) is 5.75 Å². The molecule has 2 N–H and O–H groups in total. The molecule has 13 heavy (non-hydrogen) atoms. The number of hydrogen-bond donors (Lipinski definition) is 2. The highest BCUT2D eigenvalue weighted by atomic mass is 16.3. The number of anilines is 1. The zero-order chi connectivity index (χ0) is 9.68. The molecule has 0 fully saturated rings. The molecule has 1 rings (SSSR count). The molecule has 0 bridgehead atoms. The van der Waals surface area contributed by atoms with Gasteiger partial charge in [0.25, 0.3) is 0 Å². The minimum absolute atomic E-state index is 0.0400. The number of nitrogens with zero attached hydrogens (tertiary/aromatic N) is 1. The van der Waals surface area contributed by atoms with Gasteiger partial charge in [-0.1, -0.05) is 17.3 Å². The summed E-state index contributed by atoms with van der Waals surface area (Å²) < 4.78 is 0. The molecule has 0 aliphatic heterocycles. The smallest absolute Gasteiger partial charge is 0.249 e. The van der Waals surface area contributed by atoms with Gasteiger partial charge in [-0.3, -0.25) is 4.79 Å². The standard InChI is InChI=1S/C8H8N2O3/c11-7-4-2-1-3-6(7)10-8(12)5-9-13/h1-4,11H,5H2,(H,10,12). The monoisotopic (exact) mass is 180 g/mol. The highest BCUT2D eigenvalue weighted by molar-refractivity contribution is 5.93. The normalized spacial score (nSPS) is 9.23. The largest absolute Gasteiger partial charge is 0.506 e. The van der Waals surface area contributed by atoms with Crippen molar-refractivity contribution in [2.75, 3.05) is 11.9 Å². The fourth-order valence-electron chi connectivity index (χ4n) is 0.828. The lowest BCUT2D eigenvalue weighted by Gasteiger charge is -2.03. The fourth-order valence-corrected chi connectivity index (χ4v) is 0.828. The van der Waals surface area contributed by atoms with Gasteiger partial charge in [0.05, 0.1) is 5.69 Å². The van der Waals surface area contributed by atoms with Crippen molar-refractivity contribution in [1.29, 1.82) is 0 Å². The number of carbonyl (C=O) groups excluding carboxylic acids is 1. The molecule has 1 aromatic carbocycles. The Bertz CT molecular complexity index is 325. The van der Waals surface area contributed by atoms with Crippen LogP contribution in [0.5, 0.6) is 5.75 Å². The predicted molar refractivity (Wildman–Crippen MR) is 47.4 cm³/mol. The number of phenols is 1. The van der Waals surface area contributed by atoms with Crippen molar-refractivity contribution in [2.45, 2.75) is 0 Å². The second kappa shape index (κ2) is 4.20. The zero-order valence-electron chi connectivity index (χ0n) is 6.73. The third-order valence-corrected chi connectivity index (χ3v) is 1.39. The van der Waals surface area contributed by atoms with Gasteiger partial charge in [-0.15, -0.1) is 0 Å². The second-order valence-corrected chi connectivity index (χ2v) is 2.35. The van der Waals surface area contributed by atoms with Crippen molar-refractivity contribution in [3.63, 3.8) is 0 Å². The summed E-state index contributed by atoms with van der Waals surface area (Å²) in [6, 6.07) is 6.24. The number of hydrogen-bond acceptors (Lipinski definition) is 4. The lowest BCUT2D eigenvalue weighted by molar-refractivity contribution is -0.114. The Balaban J connectivity index is 2.68. The van der Waals surface area contributed by atoms with E-state index in [0.717, 1.165) is 0 Å². The van der Waals surface area contributed by atoms with Crippen LogP contribution in [0, 0.1) is 4.91 Å². The van der Waals surface area contributed by atoms with Crippen LogP contribution < -0.4 is 5.32 Å². The Kier molecular flexibility index (Phi) is 2.97. The van der Waals surface area contributed by atoms with Crippen LogP contribution >= 0.6 is 0 Å². The van der Waals surface area contributed by atoms with E-state index < -0.39 is 12.5 Å². The van der Waals surface area contributed by atoms with Crippen molar-refractivity contribution in [3.8, 4) is 5.75 Å². The number of benzene rings is 1. The highest BCUT2D eigenvalue weighted by Crippen LogP contribution is 2.20. The lowest BCUT2D eigenvalue weighted by atomic mass is 10.3. The number of nitrogens with one attached hydrogen (secondary N) is 1. The van der Waals surface area contributed by atoms with Crippen LogP contribution in [0.1, 0.15) is 0 Å². The van der Waals surface area contributed by atoms with Crippen LogP contribution in [0.4, 0.5) is 5.69 Å². The summed E-state index contributed by atoms with van der Waals surface area (Å²) in [6.07, 6.45) is 0. The maximum atomic E-state index is 10.8. The Morgan fingerprint density at radius 3 is 2.77 bits per heavy atom. The summed E-state index contributed by atoms with van der Waals surface area (Å²) in [5, 5.41) is 14.0. The van der Waals surface area contributed by atoms with Crippen molar-refractivity contribution < 1.29 is 9.90 Å². The van der Waals surface area contributed by atoms with E-state index in [1.165, 1.54) is 12.1 Å². The molecule has 0 aromatic heterocycles. The molecule has 0 unspecified atom stereocenters. The van der Waals surface area contributed by atoms with E-state index >= 15 is 0 Å². The number of aromatic hydroxyl groups is 1. The van der Waals surface area contributed by atoms with Gasteiger partial charge in [-0.2, -0.15) is 4.91 Å². The molecule has 0 heterocycles. The summed E-state index contributed by atoms with van der Waals surface area (Å²) in [6.45, 7) is -0.450. The number of carbonyl (C=O) groups is 1. The van der Waals surface area contributed by atoms with E-state index in [-0.39, 0.29) is 11.4 Å². The van der Waals surface area contributed by atoms with Crippen molar-refractivity contribution in [3.05, 3.63) is 29.2 Å². The van der Waals surface area contributed by atoms with E-state index in [2.05, 4.69) is 10.5 Å². The number of phenolic OH excluding ortho intramolecular Hbond substituents is 1. The highest BCUT2D eigenvalue weighted by Gasteiger charge is 2.04. The molecule has 0 spiro atoms. The van der Waals surface area contributed by atoms with Crippen LogP contribution in [-0.2, 0) is 4.79 Å². The van der Waals surface area contributed by atoms with Crippen LogP contribution in [0.15, 0.2) is 29.4 Å². The van der Waals surface area contributed by atoms with Crippen LogP contribution in [-0.4, -0.2) is 17.6 Å². The van der Waals surface area contributed by atoms with Gasteiger partial charge < -0.3 is 10.4 Å². The van der Waals surface area contributed by atoms with E-state index in [9.17, 15) is 14.8 Å². The summed E-state index contributed by atoms with van der Waals surface area (Å²) >= 11 is 0. The third kappa shape index (κ3) is 2.55. The molecule has 1 amide bonds. The number of rotatable bonds is 3. The zero-order valence-corrected chi connectivity index (χ0v) is 6.73. The third-order valence-electron chi connectivity index (χ3n) is 1.39. The summed E-state index contributed by atoms with van der Waals surface area (Å²) in [5.74, 6) is -0.585. The first-order valence-corrected chi connectivity index (χ1v) is 3.61. The molecule has 5 nitrogen and oxygen atoms in total. The first-order chi connectivity index (χ1) is 6.24. The van der Waals surface area contributed by atoms with Gasteiger partial charge in [0.2, 0.25) is 5.91 Å². The maximum Gasteiger partial charge on any atom is 0.249 e. The molecule has 0 atom stereocenters. The number of para-hydroxylation sites is 2. The van der Waals surface area contributed by atoms with Crippen LogP contribution in [0.3, 0.4) is 0 Å². The second-order valence-electron chi connectivity index (χ2n) is 2.35. The molecule has 0 aliphatic carbocycles. The van der Waals surface area contributed by atoms with Gasteiger partial charge in [-0.25, -0.2) is 0 Å². The molecule has 68 valence electrons. The summed E-state index contributed by atoms with van der Waals surface area (Å²) in [7, 11) is 0. The fraction of sp³-hybridized carbons (Fsp3) is 0.125. The Morgan fingerprint density at radius 2 is 2.15 bits per heavy atom. The number of amides is 1. The van der Waals surface area contributed by atoms with Crippen molar-refractivity contribution in [1.82, 2.24) is 0 Å². The van der Waals surface area contributed by atoms with Gasteiger partial charge >= 0.3 is 0 Å². The van der Waals surface area contributed by atoms with E-state index in [1.54, 1.807) is 12.1 Å². The minimum atomic E-state index is -0.545. The Morgan fingerprint density at radius 1 is 1.46 bits per heavy atom. The minimum Gasteiger partial charge on any atom is -0.506 e. The Hall–Kier alpha value is -1.91. The molecule has 0 saturated carbocycles. The van der Waals surface area contributed by atoms with Gasteiger partial charge in [0, 0.05) is 0 Å². The average molecular weight is 180 g/mol. The van der Waals surface area contributed by atoms with Gasteiger partial charge in [-0.05, 0) is 12.1 Å². The van der Waals surface area contributed by atoms with Crippen LogP contribution in [0.25, 0.3) is 0 Å². The van der Waals surface area contributed by atoms with Gasteiger partial charge in [0.15, 0.2) is 6.54 Å². The topological polar surface area (TPSA) is 78.8 Å².